The lowest BCUT2D eigenvalue weighted by Crippen LogP contribution is -2.23. The first-order valence-electron chi connectivity index (χ1n) is 6.93. The van der Waals surface area contributed by atoms with Gasteiger partial charge < -0.3 is 15.3 Å². The van der Waals surface area contributed by atoms with Crippen LogP contribution in [0, 0.1) is 5.82 Å². The number of rotatable bonds is 8. The zero-order valence-corrected chi connectivity index (χ0v) is 12.1. The predicted octanol–water partition coefficient (Wildman–Crippen LogP) is 2.53. The summed E-state index contributed by atoms with van der Waals surface area (Å²) in [6.07, 6.45) is 1.35. The van der Waals surface area contributed by atoms with Gasteiger partial charge >= 0.3 is 0 Å². The molecule has 1 rings (SSSR count). The highest BCUT2D eigenvalue weighted by atomic mass is 19.1. The molecule has 0 aliphatic carbocycles. The maximum atomic E-state index is 14.0. The van der Waals surface area contributed by atoms with Gasteiger partial charge in [-0.25, -0.2) is 4.39 Å². The minimum absolute atomic E-state index is 0.205. The molecule has 0 aliphatic heterocycles. The summed E-state index contributed by atoms with van der Waals surface area (Å²) >= 11 is 0. The van der Waals surface area contributed by atoms with E-state index in [2.05, 4.69) is 12.2 Å². The molecule has 19 heavy (non-hydrogen) atoms. The zero-order chi connectivity index (χ0) is 14.3. The second kappa shape index (κ2) is 8.12. The van der Waals surface area contributed by atoms with Crippen LogP contribution in [0.15, 0.2) is 18.2 Å². The minimum Gasteiger partial charge on any atom is -0.393 e. The molecular weight excluding hydrogens is 243 g/mol. The average molecular weight is 268 g/mol. The third kappa shape index (κ3) is 5.57. The molecule has 0 saturated carbocycles. The summed E-state index contributed by atoms with van der Waals surface area (Å²) in [7, 11) is 1.84. The van der Waals surface area contributed by atoms with Gasteiger partial charge in [0.25, 0.3) is 0 Å². The molecule has 0 heterocycles. The standard InChI is InChI=1S/C15H25FN2O/c1-4-8-17-11-13-5-6-15(14(16)10-13)18(3)9-7-12(2)19/h5-6,10,12,17,19H,4,7-9,11H2,1-3H3. The van der Waals surface area contributed by atoms with E-state index in [1.54, 1.807) is 19.1 Å². The van der Waals surface area contributed by atoms with E-state index >= 15 is 0 Å². The lowest BCUT2D eigenvalue weighted by atomic mass is 10.1. The van der Waals surface area contributed by atoms with Crippen LogP contribution in [0.5, 0.6) is 0 Å². The molecule has 2 N–H and O–H groups in total. The van der Waals surface area contributed by atoms with Crippen molar-refractivity contribution in [2.75, 3.05) is 25.0 Å². The van der Waals surface area contributed by atoms with Crippen LogP contribution in [-0.2, 0) is 6.54 Å². The van der Waals surface area contributed by atoms with Crippen molar-refractivity contribution >= 4 is 5.69 Å². The van der Waals surface area contributed by atoms with Crippen molar-refractivity contribution in [1.29, 1.82) is 0 Å². The molecule has 0 radical (unpaired) electrons. The number of aliphatic hydroxyl groups excluding tert-OH is 1. The number of halogens is 1. The fraction of sp³-hybridized carbons (Fsp3) is 0.600. The number of nitrogens with one attached hydrogen (secondary N) is 1. The molecule has 1 aromatic carbocycles. The molecule has 3 nitrogen and oxygen atoms in total. The third-order valence-electron chi connectivity index (χ3n) is 3.06. The van der Waals surface area contributed by atoms with Gasteiger partial charge in [0.2, 0.25) is 0 Å². The van der Waals surface area contributed by atoms with E-state index < -0.39 is 0 Å². The first kappa shape index (κ1) is 15.9. The Morgan fingerprint density at radius 2 is 2.16 bits per heavy atom. The first-order chi connectivity index (χ1) is 9.04. The van der Waals surface area contributed by atoms with E-state index in [0.29, 0.717) is 25.2 Å². The number of nitrogens with zero attached hydrogens (tertiary/aromatic N) is 1. The molecule has 0 spiro atoms. The number of hydrogen-bond acceptors (Lipinski definition) is 3. The highest BCUT2D eigenvalue weighted by Crippen LogP contribution is 2.19. The van der Waals surface area contributed by atoms with Gasteiger partial charge in [-0.3, -0.25) is 0 Å². The van der Waals surface area contributed by atoms with Gasteiger partial charge in [0.05, 0.1) is 11.8 Å². The fourth-order valence-corrected chi connectivity index (χ4v) is 1.88. The van der Waals surface area contributed by atoms with Crippen LogP contribution in [0.1, 0.15) is 32.3 Å². The lowest BCUT2D eigenvalue weighted by molar-refractivity contribution is 0.187. The summed E-state index contributed by atoms with van der Waals surface area (Å²) in [5.41, 5.74) is 1.54. The maximum absolute atomic E-state index is 14.0. The van der Waals surface area contributed by atoms with Gasteiger partial charge in [0.15, 0.2) is 0 Å². The van der Waals surface area contributed by atoms with Crippen LogP contribution in [0.2, 0.25) is 0 Å². The molecule has 0 aliphatic rings. The third-order valence-corrected chi connectivity index (χ3v) is 3.06. The van der Waals surface area contributed by atoms with Crippen LogP contribution < -0.4 is 10.2 Å². The Morgan fingerprint density at radius 1 is 1.42 bits per heavy atom. The molecule has 4 heteroatoms. The molecule has 0 amide bonds. The Morgan fingerprint density at radius 3 is 2.74 bits per heavy atom. The van der Waals surface area contributed by atoms with Gasteiger partial charge in [-0.1, -0.05) is 13.0 Å². The highest BCUT2D eigenvalue weighted by molar-refractivity contribution is 5.48. The van der Waals surface area contributed by atoms with Crippen LogP contribution >= 0.6 is 0 Å². The summed E-state index contributed by atoms with van der Waals surface area (Å²) in [5.74, 6) is -0.205. The lowest BCUT2D eigenvalue weighted by Gasteiger charge is -2.21. The second-order valence-electron chi connectivity index (χ2n) is 5.02. The van der Waals surface area contributed by atoms with Crippen molar-refractivity contribution in [2.24, 2.45) is 0 Å². The van der Waals surface area contributed by atoms with E-state index in [-0.39, 0.29) is 11.9 Å². The summed E-state index contributed by atoms with van der Waals surface area (Å²) in [5, 5.41) is 12.5. The van der Waals surface area contributed by atoms with Gasteiger partial charge in [-0.2, -0.15) is 0 Å². The SMILES string of the molecule is CCCNCc1ccc(N(C)CCC(C)O)c(F)c1. The van der Waals surface area contributed by atoms with Gasteiger partial charge in [0.1, 0.15) is 5.82 Å². The van der Waals surface area contributed by atoms with E-state index in [1.165, 1.54) is 0 Å². The molecule has 0 saturated heterocycles. The molecule has 1 unspecified atom stereocenters. The Hall–Kier alpha value is -1.13. The monoisotopic (exact) mass is 268 g/mol. The van der Waals surface area contributed by atoms with Crippen LogP contribution in [0.25, 0.3) is 0 Å². The van der Waals surface area contributed by atoms with Gasteiger partial charge in [-0.05, 0) is 44.0 Å². The second-order valence-corrected chi connectivity index (χ2v) is 5.02. The maximum Gasteiger partial charge on any atom is 0.146 e. The molecule has 1 atom stereocenters. The van der Waals surface area contributed by atoms with Crippen molar-refractivity contribution in [2.45, 2.75) is 39.3 Å². The molecule has 1 aromatic rings. The number of benzene rings is 1. The number of anilines is 1. The molecular formula is C15H25FN2O. The number of aliphatic hydroxyl groups is 1. The minimum atomic E-state index is -0.358. The Bertz CT molecular complexity index is 382. The van der Waals surface area contributed by atoms with Crippen LogP contribution in [0.3, 0.4) is 0 Å². The predicted molar refractivity (Wildman–Crippen MR) is 78.0 cm³/mol. The molecule has 108 valence electrons. The largest absolute Gasteiger partial charge is 0.393 e. The van der Waals surface area contributed by atoms with E-state index in [0.717, 1.165) is 18.5 Å². The van der Waals surface area contributed by atoms with Crippen LogP contribution in [0.4, 0.5) is 10.1 Å². The Labute approximate surface area is 115 Å². The van der Waals surface area contributed by atoms with E-state index in [9.17, 15) is 9.50 Å². The van der Waals surface area contributed by atoms with Crippen LogP contribution in [-0.4, -0.2) is 31.3 Å². The summed E-state index contributed by atoms with van der Waals surface area (Å²) < 4.78 is 14.0. The van der Waals surface area contributed by atoms with E-state index in [1.807, 2.05) is 18.0 Å². The van der Waals surface area contributed by atoms with Crippen molar-refractivity contribution in [3.63, 3.8) is 0 Å². The first-order valence-corrected chi connectivity index (χ1v) is 6.93. The summed E-state index contributed by atoms with van der Waals surface area (Å²) in [4.78, 5) is 1.84. The van der Waals surface area contributed by atoms with Gasteiger partial charge in [0, 0.05) is 20.1 Å². The highest BCUT2D eigenvalue weighted by Gasteiger charge is 2.09. The average Bonchev–Trinajstić information content (AvgIpc) is 2.36. The van der Waals surface area contributed by atoms with Crippen molar-refractivity contribution in [1.82, 2.24) is 5.32 Å². The van der Waals surface area contributed by atoms with Crippen molar-refractivity contribution in [3.05, 3.63) is 29.6 Å². The van der Waals surface area contributed by atoms with E-state index in [4.69, 9.17) is 0 Å². The Kier molecular flexibility index (Phi) is 6.81. The fourth-order valence-electron chi connectivity index (χ4n) is 1.88. The Balaban J connectivity index is 2.60. The van der Waals surface area contributed by atoms with Crippen molar-refractivity contribution < 1.29 is 9.50 Å². The zero-order valence-electron chi connectivity index (χ0n) is 12.1. The molecule has 0 aromatic heterocycles. The molecule has 0 bridgehead atoms. The quantitative estimate of drug-likeness (QED) is 0.711. The van der Waals surface area contributed by atoms with Gasteiger partial charge in [-0.15, -0.1) is 0 Å². The smallest absolute Gasteiger partial charge is 0.146 e. The number of hydrogen-bond donors (Lipinski definition) is 2. The molecule has 0 fully saturated rings. The topological polar surface area (TPSA) is 35.5 Å². The normalized spacial score (nSPS) is 12.5. The summed E-state index contributed by atoms with van der Waals surface area (Å²) in [6.45, 7) is 6.13. The summed E-state index contributed by atoms with van der Waals surface area (Å²) in [6, 6.07) is 5.33. The van der Waals surface area contributed by atoms with Crippen molar-refractivity contribution in [3.8, 4) is 0 Å².